The van der Waals surface area contributed by atoms with Crippen LogP contribution in [0.25, 0.3) is 0 Å². The monoisotopic (exact) mass is 312 g/mol. The third-order valence-electron chi connectivity index (χ3n) is 3.50. The number of rotatable bonds is 4. The van der Waals surface area contributed by atoms with E-state index in [1.807, 2.05) is 0 Å². The van der Waals surface area contributed by atoms with E-state index in [2.05, 4.69) is 48.9 Å². The molecule has 1 amide bonds. The summed E-state index contributed by atoms with van der Waals surface area (Å²) in [4.78, 5) is 12.1. The van der Waals surface area contributed by atoms with Crippen LogP contribution in [0, 0.1) is 11.3 Å². The molecular formula is C14H21BrN2O. The summed E-state index contributed by atoms with van der Waals surface area (Å²) in [6.07, 6.45) is 0. The summed E-state index contributed by atoms with van der Waals surface area (Å²) in [5.41, 5.74) is 6.93. The van der Waals surface area contributed by atoms with Gasteiger partial charge in [0, 0.05) is 16.7 Å². The fourth-order valence-electron chi connectivity index (χ4n) is 1.32. The minimum absolute atomic E-state index is 0.0719. The Morgan fingerprint density at radius 3 is 2.61 bits per heavy atom. The Bertz CT molecular complexity index is 441. The van der Waals surface area contributed by atoms with E-state index < -0.39 is 0 Å². The molecule has 0 unspecified atom stereocenters. The van der Waals surface area contributed by atoms with E-state index >= 15 is 0 Å². The van der Waals surface area contributed by atoms with Crippen LogP contribution in [0.3, 0.4) is 0 Å². The van der Waals surface area contributed by atoms with Gasteiger partial charge in [0.2, 0.25) is 0 Å². The number of nitrogen functional groups attached to an aromatic ring is 1. The van der Waals surface area contributed by atoms with Crippen molar-refractivity contribution >= 4 is 27.5 Å². The topological polar surface area (TPSA) is 55.1 Å². The Labute approximate surface area is 117 Å². The van der Waals surface area contributed by atoms with Crippen molar-refractivity contribution < 1.29 is 4.79 Å². The van der Waals surface area contributed by atoms with Crippen molar-refractivity contribution in [3.05, 3.63) is 28.2 Å². The molecule has 0 spiro atoms. The van der Waals surface area contributed by atoms with Gasteiger partial charge in [-0.05, 0) is 45.5 Å². The molecular weight excluding hydrogens is 292 g/mol. The highest BCUT2D eigenvalue weighted by molar-refractivity contribution is 9.10. The van der Waals surface area contributed by atoms with Crippen molar-refractivity contribution in [3.8, 4) is 0 Å². The highest BCUT2D eigenvalue weighted by atomic mass is 79.9. The second kappa shape index (κ2) is 5.74. The Kier molecular flexibility index (Phi) is 4.79. The van der Waals surface area contributed by atoms with Gasteiger partial charge in [-0.3, -0.25) is 4.79 Å². The molecule has 0 aliphatic rings. The Morgan fingerprint density at radius 1 is 1.44 bits per heavy atom. The van der Waals surface area contributed by atoms with Gasteiger partial charge < -0.3 is 11.1 Å². The van der Waals surface area contributed by atoms with Gasteiger partial charge in [-0.1, -0.05) is 27.7 Å². The standard InChI is InChI=1S/C14H21BrN2O/c1-9(2)14(3,4)8-17-13(18)11-7-10(16)5-6-12(11)15/h5-7,9H,8,16H2,1-4H3,(H,17,18). The first kappa shape index (κ1) is 15.0. The van der Waals surface area contributed by atoms with E-state index in [0.29, 0.717) is 23.7 Å². The number of carbonyl (C=O) groups is 1. The number of hydrogen-bond acceptors (Lipinski definition) is 2. The Hall–Kier alpha value is -1.03. The first-order chi connectivity index (χ1) is 8.24. The predicted molar refractivity (Wildman–Crippen MR) is 79.5 cm³/mol. The molecule has 3 N–H and O–H groups in total. The van der Waals surface area contributed by atoms with E-state index in [-0.39, 0.29) is 11.3 Å². The zero-order valence-electron chi connectivity index (χ0n) is 11.4. The molecule has 0 aliphatic carbocycles. The molecule has 1 aromatic carbocycles. The Morgan fingerprint density at radius 2 is 2.06 bits per heavy atom. The summed E-state index contributed by atoms with van der Waals surface area (Å²) in [5, 5.41) is 2.96. The van der Waals surface area contributed by atoms with Crippen molar-refractivity contribution in [2.75, 3.05) is 12.3 Å². The average Bonchev–Trinajstić information content (AvgIpc) is 2.29. The molecule has 100 valence electrons. The minimum atomic E-state index is -0.0945. The molecule has 1 rings (SSSR count). The summed E-state index contributed by atoms with van der Waals surface area (Å²) in [7, 11) is 0. The maximum absolute atomic E-state index is 12.1. The first-order valence-corrected chi connectivity index (χ1v) is 6.86. The lowest BCUT2D eigenvalue weighted by atomic mass is 9.81. The summed E-state index contributed by atoms with van der Waals surface area (Å²) >= 11 is 3.36. The molecule has 0 saturated carbocycles. The highest BCUT2D eigenvalue weighted by Crippen LogP contribution is 2.25. The second-order valence-corrected chi connectivity index (χ2v) is 6.42. The number of nitrogens with one attached hydrogen (secondary N) is 1. The van der Waals surface area contributed by atoms with Gasteiger partial charge in [0.15, 0.2) is 0 Å². The maximum Gasteiger partial charge on any atom is 0.252 e. The van der Waals surface area contributed by atoms with E-state index in [1.165, 1.54) is 0 Å². The molecule has 0 bridgehead atoms. The van der Waals surface area contributed by atoms with E-state index in [1.54, 1.807) is 18.2 Å². The van der Waals surface area contributed by atoms with Crippen molar-refractivity contribution in [2.24, 2.45) is 11.3 Å². The van der Waals surface area contributed by atoms with Gasteiger partial charge in [-0.2, -0.15) is 0 Å². The van der Waals surface area contributed by atoms with Crippen molar-refractivity contribution in [1.82, 2.24) is 5.32 Å². The number of amides is 1. The summed E-state index contributed by atoms with van der Waals surface area (Å²) in [6, 6.07) is 5.23. The summed E-state index contributed by atoms with van der Waals surface area (Å²) in [6.45, 7) is 9.24. The van der Waals surface area contributed by atoms with Crippen LogP contribution >= 0.6 is 15.9 Å². The van der Waals surface area contributed by atoms with Gasteiger partial charge in [0.05, 0.1) is 5.56 Å². The number of carbonyl (C=O) groups excluding carboxylic acids is 1. The van der Waals surface area contributed by atoms with E-state index in [0.717, 1.165) is 4.47 Å². The van der Waals surface area contributed by atoms with Gasteiger partial charge in [0.1, 0.15) is 0 Å². The lowest BCUT2D eigenvalue weighted by Crippen LogP contribution is -2.37. The van der Waals surface area contributed by atoms with Gasteiger partial charge >= 0.3 is 0 Å². The van der Waals surface area contributed by atoms with Crippen molar-refractivity contribution in [2.45, 2.75) is 27.7 Å². The number of halogens is 1. The highest BCUT2D eigenvalue weighted by Gasteiger charge is 2.23. The Balaban J connectivity index is 2.75. The largest absolute Gasteiger partial charge is 0.399 e. The molecule has 0 atom stereocenters. The zero-order valence-corrected chi connectivity index (χ0v) is 13.0. The molecule has 0 radical (unpaired) electrons. The van der Waals surface area contributed by atoms with Crippen LogP contribution in [0.15, 0.2) is 22.7 Å². The molecule has 18 heavy (non-hydrogen) atoms. The lowest BCUT2D eigenvalue weighted by molar-refractivity contribution is 0.0924. The molecule has 0 fully saturated rings. The van der Waals surface area contributed by atoms with Crippen LogP contribution in [-0.2, 0) is 0 Å². The quantitative estimate of drug-likeness (QED) is 0.837. The third kappa shape index (κ3) is 3.73. The number of nitrogens with two attached hydrogens (primary N) is 1. The predicted octanol–water partition coefficient (Wildman–Crippen LogP) is 3.44. The zero-order chi connectivity index (χ0) is 13.9. The van der Waals surface area contributed by atoms with Crippen LogP contribution in [0.1, 0.15) is 38.1 Å². The van der Waals surface area contributed by atoms with Gasteiger partial charge in [0.25, 0.3) is 5.91 Å². The fourth-order valence-corrected chi connectivity index (χ4v) is 1.75. The lowest BCUT2D eigenvalue weighted by Gasteiger charge is -2.29. The van der Waals surface area contributed by atoms with Crippen LogP contribution in [-0.4, -0.2) is 12.5 Å². The summed E-state index contributed by atoms with van der Waals surface area (Å²) in [5.74, 6) is 0.407. The fraction of sp³-hybridized carbons (Fsp3) is 0.500. The molecule has 3 nitrogen and oxygen atoms in total. The van der Waals surface area contributed by atoms with Crippen LogP contribution in [0.4, 0.5) is 5.69 Å². The normalized spacial score (nSPS) is 11.7. The van der Waals surface area contributed by atoms with E-state index in [9.17, 15) is 4.79 Å². The second-order valence-electron chi connectivity index (χ2n) is 5.57. The number of anilines is 1. The van der Waals surface area contributed by atoms with Crippen LogP contribution in [0.2, 0.25) is 0 Å². The maximum atomic E-state index is 12.1. The van der Waals surface area contributed by atoms with Crippen molar-refractivity contribution in [3.63, 3.8) is 0 Å². The molecule has 0 heterocycles. The third-order valence-corrected chi connectivity index (χ3v) is 4.19. The minimum Gasteiger partial charge on any atom is -0.399 e. The van der Waals surface area contributed by atoms with Crippen LogP contribution in [0.5, 0.6) is 0 Å². The average molecular weight is 313 g/mol. The molecule has 4 heteroatoms. The number of benzene rings is 1. The van der Waals surface area contributed by atoms with Gasteiger partial charge in [-0.25, -0.2) is 0 Å². The molecule has 1 aromatic rings. The van der Waals surface area contributed by atoms with Crippen LogP contribution < -0.4 is 11.1 Å². The SMILES string of the molecule is CC(C)C(C)(C)CNC(=O)c1cc(N)ccc1Br. The molecule has 0 saturated heterocycles. The summed E-state index contributed by atoms with van der Waals surface area (Å²) < 4.78 is 0.761. The number of hydrogen-bond donors (Lipinski definition) is 2. The van der Waals surface area contributed by atoms with Gasteiger partial charge in [-0.15, -0.1) is 0 Å². The van der Waals surface area contributed by atoms with E-state index in [4.69, 9.17) is 5.73 Å². The van der Waals surface area contributed by atoms with Crippen molar-refractivity contribution in [1.29, 1.82) is 0 Å². The molecule has 0 aromatic heterocycles. The first-order valence-electron chi connectivity index (χ1n) is 6.07. The smallest absolute Gasteiger partial charge is 0.252 e. The molecule has 0 aliphatic heterocycles.